The third-order valence-corrected chi connectivity index (χ3v) is 3.72. The Bertz CT molecular complexity index is 375. The average molecular weight is 290 g/mol. The van der Waals surface area contributed by atoms with Gasteiger partial charge in [0.25, 0.3) is 5.91 Å². The second kappa shape index (κ2) is 5.42. The third kappa shape index (κ3) is 3.76. The Labute approximate surface area is 101 Å². The van der Waals surface area contributed by atoms with Gasteiger partial charge in [-0.1, -0.05) is 0 Å². The largest absolute Gasteiger partial charge is 0.339 e. The molecule has 3 nitrogen and oxygen atoms in total. The maximum atomic E-state index is 11.2. The van der Waals surface area contributed by atoms with Crippen molar-refractivity contribution < 1.29 is 9.59 Å². The first-order chi connectivity index (χ1) is 7.00. The lowest BCUT2D eigenvalue weighted by atomic mass is 10.3. The highest BCUT2D eigenvalue weighted by molar-refractivity contribution is 9.10. The fourth-order valence-corrected chi connectivity index (χ4v) is 2.58. The molecule has 5 heteroatoms. The smallest absolute Gasteiger partial charge is 0.289 e. The topological polar surface area (TPSA) is 37.4 Å². The van der Waals surface area contributed by atoms with Crippen LogP contribution in [-0.4, -0.2) is 30.2 Å². The summed E-state index contributed by atoms with van der Waals surface area (Å²) in [6, 6.07) is 2.02. The number of carbonyl (C=O) groups excluding carboxylic acids is 2. The molecule has 1 aromatic heterocycles. The Morgan fingerprint density at radius 1 is 1.53 bits per heavy atom. The van der Waals surface area contributed by atoms with Gasteiger partial charge in [-0.25, -0.2) is 0 Å². The average Bonchev–Trinajstić information content (AvgIpc) is 2.59. The standard InChI is InChI=1S/C10H12BrNO2S/c1-7(13)10(14)12(2)4-3-9-5-8(11)6-15-9/h5-6H,3-4H2,1-2H3. The Hall–Kier alpha value is -0.680. The lowest BCUT2D eigenvalue weighted by Gasteiger charge is -2.14. The van der Waals surface area contributed by atoms with Crippen molar-refractivity contribution in [1.82, 2.24) is 4.90 Å². The number of halogens is 1. The van der Waals surface area contributed by atoms with Crippen molar-refractivity contribution in [2.24, 2.45) is 0 Å². The number of rotatable bonds is 4. The molecule has 1 aromatic rings. The van der Waals surface area contributed by atoms with Gasteiger partial charge < -0.3 is 4.90 Å². The van der Waals surface area contributed by atoms with E-state index in [-0.39, 0.29) is 0 Å². The van der Waals surface area contributed by atoms with Gasteiger partial charge in [0.1, 0.15) is 0 Å². The summed E-state index contributed by atoms with van der Waals surface area (Å²) in [4.78, 5) is 24.7. The van der Waals surface area contributed by atoms with Crippen molar-refractivity contribution in [2.75, 3.05) is 13.6 Å². The number of ketones is 1. The highest BCUT2D eigenvalue weighted by atomic mass is 79.9. The predicted molar refractivity (Wildman–Crippen MR) is 64.0 cm³/mol. The molecule has 0 radical (unpaired) electrons. The molecule has 1 rings (SSSR count). The van der Waals surface area contributed by atoms with Crippen LogP contribution in [0, 0.1) is 0 Å². The molecule has 0 saturated heterocycles. The molecule has 82 valence electrons. The number of hydrogen-bond donors (Lipinski definition) is 0. The summed E-state index contributed by atoms with van der Waals surface area (Å²) in [5, 5.41) is 2.00. The normalized spacial score (nSPS) is 10.1. The van der Waals surface area contributed by atoms with Crippen LogP contribution < -0.4 is 0 Å². The van der Waals surface area contributed by atoms with Crippen molar-refractivity contribution in [2.45, 2.75) is 13.3 Å². The van der Waals surface area contributed by atoms with E-state index >= 15 is 0 Å². The highest BCUT2D eigenvalue weighted by Crippen LogP contribution is 2.20. The van der Waals surface area contributed by atoms with Gasteiger partial charge in [-0.2, -0.15) is 0 Å². The van der Waals surface area contributed by atoms with E-state index in [0.717, 1.165) is 10.9 Å². The summed E-state index contributed by atoms with van der Waals surface area (Å²) in [6.07, 6.45) is 0.784. The minimum atomic E-state index is -0.425. The molecule has 0 aliphatic rings. The van der Waals surface area contributed by atoms with Crippen molar-refractivity contribution in [3.63, 3.8) is 0 Å². The molecule has 0 aromatic carbocycles. The lowest BCUT2D eigenvalue weighted by molar-refractivity contribution is -0.142. The monoisotopic (exact) mass is 289 g/mol. The van der Waals surface area contributed by atoms with E-state index in [1.54, 1.807) is 18.4 Å². The maximum absolute atomic E-state index is 11.2. The molecular weight excluding hydrogens is 278 g/mol. The van der Waals surface area contributed by atoms with Crippen LogP contribution in [0.15, 0.2) is 15.9 Å². The molecule has 0 aliphatic carbocycles. The Kier molecular flexibility index (Phi) is 4.47. The molecule has 0 fully saturated rings. The molecule has 0 N–H and O–H groups in total. The summed E-state index contributed by atoms with van der Waals surface area (Å²) in [5.41, 5.74) is 0. The van der Waals surface area contributed by atoms with Gasteiger partial charge in [0.05, 0.1) is 0 Å². The summed E-state index contributed by atoms with van der Waals surface area (Å²) < 4.78 is 1.06. The zero-order chi connectivity index (χ0) is 11.4. The van der Waals surface area contributed by atoms with Gasteiger partial charge in [0, 0.05) is 35.2 Å². The van der Waals surface area contributed by atoms with Gasteiger partial charge in [-0.05, 0) is 28.4 Å². The molecule has 0 aliphatic heterocycles. The van der Waals surface area contributed by atoms with Gasteiger partial charge in [-0.15, -0.1) is 11.3 Å². The van der Waals surface area contributed by atoms with Crippen LogP contribution in [0.1, 0.15) is 11.8 Å². The molecule has 1 heterocycles. The van der Waals surface area contributed by atoms with Gasteiger partial charge in [0.2, 0.25) is 5.78 Å². The zero-order valence-corrected chi connectivity index (χ0v) is 11.0. The number of amides is 1. The number of likely N-dealkylation sites (N-methyl/N-ethyl adjacent to an activating group) is 1. The van der Waals surface area contributed by atoms with Crippen molar-refractivity contribution in [3.05, 3.63) is 20.8 Å². The first-order valence-corrected chi connectivity index (χ1v) is 6.17. The second-order valence-corrected chi connectivity index (χ2v) is 5.18. The van der Waals surface area contributed by atoms with Crippen molar-refractivity contribution >= 4 is 39.0 Å². The number of carbonyl (C=O) groups is 2. The molecular formula is C10H12BrNO2S. The molecule has 0 saturated carbocycles. The van der Waals surface area contributed by atoms with E-state index in [1.165, 1.54) is 16.7 Å². The maximum Gasteiger partial charge on any atom is 0.289 e. The zero-order valence-electron chi connectivity index (χ0n) is 8.62. The number of Topliss-reactive ketones (excluding diaryl/α,β-unsaturated/α-hetero) is 1. The summed E-state index contributed by atoms with van der Waals surface area (Å²) in [6.45, 7) is 1.87. The molecule has 0 spiro atoms. The fourth-order valence-electron chi connectivity index (χ4n) is 1.13. The van der Waals surface area contributed by atoms with Crippen LogP contribution in [-0.2, 0) is 16.0 Å². The fraction of sp³-hybridized carbons (Fsp3) is 0.400. The SMILES string of the molecule is CC(=O)C(=O)N(C)CCc1cc(Br)cs1. The Morgan fingerprint density at radius 3 is 2.67 bits per heavy atom. The van der Waals surface area contributed by atoms with E-state index < -0.39 is 11.7 Å². The molecule has 15 heavy (non-hydrogen) atoms. The molecule has 0 unspecified atom stereocenters. The first-order valence-electron chi connectivity index (χ1n) is 4.49. The van der Waals surface area contributed by atoms with Crippen LogP contribution in [0.25, 0.3) is 0 Å². The van der Waals surface area contributed by atoms with Crippen LogP contribution in [0.4, 0.5) is 0 Å². The van der Waals surface area contributed by atoms with Crippen LogP contribution in [0.5, 0.6) is 0 Å². The number of nitrogens with zero attached hydrogens (tertiary/aromatic N) is 1. The highest BCUT2D eigenvalue weighted by Gasteiger charge is 2.13. The van der Waals surface area contributed by atoms with E-state index in [0.29, 0.717) is 6.54 Å². The van der Waals surface area contributed by atoms with E-state index in [9.17, 15) is 9.59 Å². The van der Waals surface area contributed by atoms with Crippen molar-refractivity contribution in [1.29, 1.82) is 0 Å². The van der Waals surface area contributed by atoms with E-state index in [1.807, 2.05) is 11.4 Å². The van der Waals surface area contributed by atoms with Crippen LogP contribution in [0.2, 0.25) is 0 Å². The Balaban J connectivity index is 2.44. The quantitative estimate of drug-likeness (QED) is 0.796. The summed E-state index contributed by atoms with van der Waals surface area (Å²) in [7, 11) is 1.65. The third-order valence-electron chi connectivity index (χ3n) is 1.96. The predicted octanol–water partition coefficient (Wildman–Crippen LogP) is 2.10. The summed E-state index contributed by atoms with van der Waals surface area (Å²) in [5.74, 6) is -0.838. The second-order valence-electron chi connectivity index (χ2n) is 3.26. The lowest BCUT2D eigenvalue weighted by Crippen LogP contribution is -2.33. The molecule has 0 atom stereocenters. The summed E-state index contributed by atoms with van der Waals surface area (Å²) >= 11 is 5.01. The van der Waals surface area contributed by atoms with Gasteiger partial charge in [0.15, 0.2) is 0 Å². The Morgan fingerprint density at radius 2 is 2.20 bits per heavy atom. The van der Waals surface area contributed by atoms with Gasteiger partial charge >= 0.3 is 0 Å². The minimum absolute atomic E-state index is 0.412. The van der Waals surface area contributed by atoms with E-state index in [2.05, 4.69) is 15.9 Å². The van der Waals surface area contributed by atoms with Gasteiger partial charge in [-0.3, -0.25) is 9.59 Å². The molecule has 1 amide bonds. The van der Waals surface area contributed by atoms with Crippen LogP contribution >= 0.6 is 27.3 Å². The van der Waals surface area contributed by atoms with Crippen molar-refractivity contribution in [3.8, 4) is 0 Å². The number of hydrogen-bond acceptors (Lipinski definition) is 3. The van der Waals surface area contributed by atoms with E-state index in [4.69, 9.17) is 0 Å². The minimum Gasteiger partial charge on any atom is -0.339 e. The van der Waals surface area contributed by atoms with Crippen LogP contribution in [0.3, 0.4) is 0 Å². The molecule has 0 bridgehead atoms. The number of thiophene rings is 1. The first kappa shape index (κ1) is 12.4.